The number of hydrogen-bond acceptors (Lipinski definition) is 3. The summed E-state index contributed by atoms with van der Waals surface area (Å²) in [7, 11) is 1.64. The van der Waals surface area contributed by atoms with Crippen LogP contribution in [0.25, 0.3) is 20.2 Å². The van der Waals surface area contributed by atoms with Crippen LogP contribution in [0.5, 0.6) is 5.75 Å². The molecule has 0 saturated carbocycles. The molecule has 90 valence electrons. The maximum absolute atomic E-state index is 12.5. The smallest absolute Gasteiger partial charge is 0.196 e. The summed E-state index contributed by atoms with van der Waals surface area (Å²) in [6.07, 6.45) is 0. The maximum Gasteiger partial charge on any atom is 0.196 e. The SMILES string of the molecule is COc1ccc(C)c2c(=O)c3ccccc3sc12. The minimum Gasteiger partial charge on any atom is -0.495 e. The van der Waals surface area contributed by atoms with E-state index in [0.717, 1.165) is 31.5 Å². The van der Waals surface area contributed by atoms with E-state index in [9.17, 15) is 4.79 Å². The molecule has 18 heavy (non-hydrogen) atoms. The highest BCUT2D eigenvalue weighted by atomic mass is 32.1. The van der Waals surface area contributed by atoms with Crippen molar-refractivity contribution in [1.29, 1.82) is 0 Å². The summed E-state index contributed by atoms with van der Waals surface area (Å²) in [5, 5.41) is 1.56. The third-order valence-corrected chi connectivity index (χ3v) is 4.31. The van der Waals surface area contributed by atoms with Gasteiger partial charge in [0.15, 0.2) is 5.43 Å². The first-order valence-electron chi connectivity index (χ1n) is 5.71. The second-order valence-corrected chi connectivity index (χ2v) is 5.27. The summed E-state index contributed by atoms with van der Waals surface area (Å²) < 4.78 is 7.29. The van der Waals surface area contributed by atoms with E-state index >= 15 is 0 Å². The van der Waals surface area contributed by atoms with E-state index in [1.165, 1.54) is 0 Å². The number of aryl methyl sites for hydroxylation is 1. The number of fused-ring (bicyclic) bond motifs is 2. The fraction of sp³-hybridized carbons (Fsp3) is 0.133. The molecule has 0 aliphatic heterocycles. The molecule has 0 amide bonds. The van der Waals surface area contributed by atoms with Crippen molar-refractivity contribution >= 4 is 31.5 Å². The summed E-state index contributed by atoms with van der Waals surface area (Å²) >= 11 is 1.61. The van der Waals surface area contributed by atoms with Crippen LogP contribution in [0.3, 0.4) is 0 Å². The lowest BCUT2D eigenvalue weighted by Gasteiger charge is -2.08. The van der Waals surface area contributed by atoms with E-state index in [0.29, 0.717) is 0 Å². The number of ether oxygens (including phenoxy) is 1. The van der Waals surface area contributed by atoms with Gasteiger partial charge in [-0.1, -0.05) is 18.2 Å². The Kier molecular flexibility index (Phi) is 2.56. The predicted octanol–water partition coefficient (Wildman–Crippen LogP) is 3.73. The normalized spacial score (nSPS) is 11.0. The van der Waals surface area contributed by atoms with Gasteiger partial charge in [-0.2, -0.15) is 0 Å². The first kappa shape index (κ1) is 11.2. The highest BCUT2D eigenvalue weighted by molar-refractivity contribution is 7.24. The zero-order valence-corrected chi connectivity index (χ0v) is 11.0. The van der Waals surface area contributed by atoms with Gasteiger partial charge >= 0.3 is 0 Å². The van der Waals surface area contributed by atoms with Crippen LogP contribution in [0.1, 0.15) is 5.56 Å². The van der Waals surface area contributed by atoms with E-state index in [1.807, 2.05) is 43.3 Å². The molecule has 3 heteroatoms. The Morgan fingerprint density at radius 3 is 2.67 bits per heavy atom. The van der Waals surface area contributed by atoms with Gasteiger partial charge in [0.25, 0.3) is 0 Å². The van der Waals surface area contributed by atoms with Gasteiger partial charge < -0.3 is 4.74 Å². The van der Waals surface area contributed by atoms with E-state index in [-0.39, 0.29) is 5.43 Å². The topological polar surface area (TPSA) is 26.3 Å². The van der Waals surface area contributed by atoms with Gasteiger partial charge in [0.1, 0.15) is 5.75 Å². The van der Waals surface area contributed by atoms with Gasteiger partial charge in [0.05, 0.1) is 11.8 Å². The summed E-state index contributed by atoms with van der Waals surface area (Å²) in [6, 6.07) is 11.6. The molecule has 0 bridgehead atoms. The second-order valence-electron chi connectivity index (χ2n) is 4.22. The van der Waals surface area contributed by atoms with Crippen molar-refractivity contribution in [2.75, 3.05) is 7.11 Å². The minimum absolute atomic E-state index is 0.0933. The first-order valence-corrected chi connectivity index (χ1v) is 6.53. The average Bonchev–Trinajstić information content (AvgIpc) is 2.39. The van der Waals surface area contributed by atoms with E-state index in [4.69, 9.17) is 4.74 Å². The number of rotatable bonds is 1. The third kappa shape index (κ3) is 1.51. The summed E-state index contributed by atoms with van der Waals surface area (Å²) in [5.41, 5.74) is 1.09. The van der Waals surface area contributed by atoms with Gasteiger partial charge in [-0.15, -0.1) is 11.3 Å². The van der Waals surface area contributed by atoms with Crippen molar-refractivity contribution in [3.63, 3.8) is 0 Å². The molecule has 3 rings (SSSR count). The molecule has 1 aromatic heterocycles. The van der Waals surface area contributed by atoms with Crippen LogP contribution in [0.4, 0.5) is 0 Å². The Bertz CT molecular complexity index is 803. The van der Waals surface area contributed by atoms with Crippen LogP contribution in [-0.4, -0.2) is 7.11 Å². The monoisotopic (exact) mass is 256 g/mol. The molecule has 2 aromatic carbocycles. The largest absolute Gasteiger partial charge is 0.495 e. The zero-order valence-electron chi connectivity index (χ0n) is 10.2. The van der Waals surface area contributed by atoms with E-state index < -0.39 is 0 Å². The van der Waals surface area contributed by atoms with Crippen LogP contribution in [0.15, 0.2) is 41.2 Å². The molecule has 2 nitrogen and oxygen atoms in total. The van der Waals surface area contributed by atoms with Gasteiger partial charge in [0.2, 0.25) is 0 Å². The standard InChI is InChI=1S/C15H12O2S/c1-9-7-8-11(17-2)15-13(9)14(16)10-5-3-4-6-12(10)18-15/h3-8H,1-2H3. The first-order chi connectivity index (χ1) is 8.72. The highest BCUT2D eigenvalue weighted by Gasteiger charge is 2.11. The molecule has 0 fully saturated rings. The quantitative estimate of drug-likeness (QED) is 0.620. The van der Waals surface area contributed by atoms with Gasteiger partial charge in [-0.3, -0.25) is 4.79 Å². The number of hydrogen-bond donors (Lipinski definition) is 0. The second kappa shape index (κ2) is 4.10. The van der Waals surface area contributed by atoms with Crippen LogP contribution in [-0.2, 0) is 0 Å². The highest BCUT2D eigenvalue weighted by Crippen LogP contribution is 2.33. The summed E-state index contributed by atoms with van der Waals surface area (Å²) in [5.74, 6) is 0.767. The Balaban J connectivity index is 2.63. The molecule has 0 spiro atoms. The minimum atomic E-state index is 0.0933. The fourth-order valence-corrected chi connectivity index (χ4v) is 3.44. The lowest BCUT2D eigenvalue weighted by molar-refractivity contribution is 0.420. The molecule has 1 heterocycles. The average molecular weight is 256 g/mol. The molecule has 0 saturated heterocycles. The lowest BCUT2D eigenvalue weighted by Crippen LogP contribution is -2.03. The van der Waals surface area contributed by atoms with E-state index in [2.05, 4.69) is 0 Å². The molecule has 0 radical (unpaired) electrons. The van der Waals surface area contributed by atoms with Gasteiger partial charge in [-0.05, 0) is 30.7 Å². The van der Waals surface area contributed by atoms with Crippen molar-refractivity contribution in [2.24, 2.45) is 0 Å². The molecule has 0 aliphatic rings. The third-order valence-electron chi connectivity index (χ3n) is 3.12. The van der Waals surface area contributed by atoms with Crippen molar-refractivity contribution in [2.45, 2.75) is 6.92 Å². The Morgan fingerprint density at radius 2 is 1.89 bits per heavy atom. The van der Waals surface area contributed by atoms with Crippen LogP contribution in [0.2, 0.25) is 0 Å². The van der Waals surface area contributed by atoms with Crippen molar-refractivity contribution in [3.05, 3.63) is 52.2 Å². The summed E-state index contributed by atoms with van der Waals surface area (Å²) in [4.78, 5) is 12.5. The Labute approximate surface area is 108 Å². The number of methoxy groups -OCH3 is 1. The van der Waals surface area contributed by atoms with Crippen molar-refractivity contribution in [3.8, 4) is 5.75 Å². The number of benzene rings is 2. The lowest BCUT2D eigenvalue weighted by atomic mass is 10.1. The molecule has 0 atom stereocenters. The zero-order chi connectivity index (χ0) is 12.7. The molecular formula is C15H12O2S. The Hall–Kier alpha value is -1.87. The molecule has 0 aliphatic carbocycles. The van der Waals surface area contributed by atoms with Crippen molar-refractivity contribution in [1.82, 2.24) is 0 Å². The molecule has 0 N–H and O–H groups in total. The summed E-state index contributed by atoms with van der Waals surface area (Å²) in [6.45, 7) is 1.96. The fourth-order valence-electron chi connectivity index (χ4n) is 2.19. The molecular weight excluding hydrogens is 244 g/mol. The van der Waals surface area contributed by atoms with Crippen molar-refractivity contribution < 1.29 is 4.74 Å². The van der Waals surface area contributed by atoms with Gasteiger partial charge in [0, 0.05) is 15.5 Å². The molecule has 0 unspecified atom stereocenters. The Morgan fingerprint density at radius 1 is 1.11 bits per heavy atom. The van der Waals surface area contributed by atoms with E-state index in [1.54, 1.807) is 18.4 Å². The van der Waals surface area contributed by atoms with Crippen LogP contribution in [0, 0.1) is 6.92 Å². The maximum atomic E-state index is 12.5. The van der Waals surface area contributed by atoms with Gasteiger partial charge in [-0.25, -0.2) is 0 Å². The van der Waals surface area contributed by atoms with Crippen LogP contribution >= 0.6 is 11.3 Å². The molecule has 3 aromatic rings. The van der Waals surface area contributed by atoms with Crippen LogP contribution < -0.4 is 10.2 Å². The predicted molar refractivity (Wildman–Crippen MR) is 76.9 cm³/mol.